The summed E-state index contributed by atoms with van der Waals surface area (Å²) in [4.78, 5) is 10.3. The molecule has 0 fully saturated rings. The van der Waals surface area contributed by atoms with Crippen LogP contribution in [0.2, 0.25) is 0 Å². The predicted molar refractivity (Wildman–Crippen MR) is 138 cm³/mol. The first-order chi connectivity index (χ1) is 15.3. The zero-order valence-electron chi connectivity index (χ0n) is 21.6. The van der Waals surface area contributed by atoms with Crippen LogP contribution in [0.1, 0.15) is 120 Å². The number of nitrogens with zero attached hydrogens (tertiary/aromatic N) is 1. The van der Waals surface area contributed by atoms with Crippen molar-refractivity contribution >= 4 is 5.97 Å². The van der Waals surface area contributed by atoms with Crippen LogP contribution in [0.5, 0.6) is 5.75 Å². The molecule has 0 aliphatic rings. The average Bonchev–Trinajstić information content (AvgIpc) is 2.73. The van der Waals surface area contributed by atoms with E-state index in [-0.39, 0.29) is 11.3 Å². The van der Waals surface area contributed by atoms with Crippen molar-refractivity contribution in [2.24, 2.45) is 0 Å². The molecule has 0 aliphatic heterocycles. The number of unbranched alkanes of at least 4 members (excludes halogenated alkanes) is 15. The Kier molecular flexibility index (Phi) is 19.1. The van der Waals surface area contributed by atoms with Crippen LogP contribution in [0, 0.1) is 0 Å². The second-order valence-electron chi connectivity index (χ2n) is 10.1. The van der Waals surface area contributed by atoms with Gasteiger partial charge in [-0.1, -0.05) is 109 Å². The van der Waals surface area contributed by atoms with Gasteiger partial charge in [0.05, 0.1) is 27.7 Å². The highest BCUT2D eigenvalue weighted by Gasteiger charge is 2.06. The normalized spacial score (nSPS) is 11.1. The smallest absolute Gasteiger partial charge is 0.339 e. The number of carboxylic acid groups (broad SMARTS) is 1. The van der Waals surface area contributed by atoms with Crippen LogP contribution < -0.4 is 0 Å². The van der Waals surface area contributed by atoms with E-state index in [9.17, 15) is 4.79 Å². The highest BCUT2D eigenvalue weighted by Crippen LogP contribution is 2.15. The van der Waals surface area contributed by atoms with Gasteiger partial charge in [0.15, 0.2) is 0 Å². The van der Waals surface area contributed by atoms with Gasteiger partial charge in [-0.05, 0) is 25.0 Å². The molecule has 0 unspecified atom stereocenters. The number of carbonyl (C=O) groups is 1. The van der Waals surface area contributed by atoms with Crippen LogP contribution >= 0.6 is 0 Å². The van der Waals surface area contributed by atoms with Gasteiger partial charge in [0.25, 0.3) is 0 Å². The highest BCUT2D eigenvalue weighted by atomic mass is 16.4. The molecule has 0 aliphatic carbocycles. The maximum Gasteiger partial charge on any atom is 0.339 e. The van der Waals surface area contributed by atoms with Gasteiger partial charge in [-0.2, -0.15) is 0 Å². The third kappa shape index (κ3) is 20.4. The largest absolute Gasteiger partial charge is 0.507 e. The molecular formula is C28H52NO3+. The van der Waals surface area contributed by atoms with E-state index in [1.807, 2.05) is 0 Å². The molecular weight excluding hydrogens is 398 g/mol. The lowest BCUT2D eigenvalue weighted by atomic mass is 10.0. The number of benzene rings is 1. The molecule has 4 nitrogen and oxygen atoms in total. The lowest BCUT2D eigenvalue weighted by Crippen LogP contribution is -2.35. The minimum absolute atomic E-state index is 0.0671. The molecule has 4 heteroatoms. The van der Waals surface area contributed by atoms with E-state index in [1.165, 1.54) is 121 Å². The van der Waals surface area contributed by atoms with Crippen LogP contribution in [0.25, 0.3) is 0 Å². The number of rotatable bonds is 18. The van der Waals surface area contributed by atoms with Crippen LogP contribution in [0.4, 0.5) is 0 Å². The quantitative estimate of drug-likeness (QED) is 0.176. The summed E-state index contributed by atoms with van der Waals surface area (Å²) in [5.74, 6) is -1.31. The molecule has 0 heterocycles. The van der Waals surface area contributed by atoms with Crippen LogP contribution in [0.15, 0.2) is 24.3 Å². The number of carboxylic acids is 1. The minimum atomic E-state index is -1.11. The first-order valence-electron chi connectivity index (χ1n) is 13.1. The molecule has 0 bridgehead atoms. The third-order valence-electron chi connectivity index (χ3n) is 5.82. The van der Waals surface area contributed by atoms with Crippen LogP contribution in [-0.4, -0.2) is 48.4 Å². The molecule has 0 atom stereocenters. The lowest BCUT2D eigenvalue weighted by Gasteiger charge is -2.23. The van der Waals surface area contributed by atoms with Gasteiger partial charge >= 0.3 is 5.97 Å². The molecule has 32 heavy (non-hydrogen) atoms. The molecule has 0 saturated carbocycles. The van der Waals surface area contributed by atoms with Crippen LogP contribution in [-0.2, 0) is 0 Å². The van der Waals surface area contributed by atoms with E-state index in [2.05, 4.69) is 28.1 Å². The Morgan fingerprint density at radius 2 is 1.06 bits per heavy atom. The Hall–Kier alpha value is -1.55. The zero-order chi connectivity index (χ0) is 24.1. The minimum Gasteiger partial charge on any atom is -0.507 e. The van der Waals surface area contributed by atoms with Crippen LogP contribution in [0.3, 0.4) is 0 Å². The molecule has 1 rings (SSSR count). The summed E-state index contributed by atoms with van der Waals surface area (Å²) in [6.45, 7) is 3.63. The molecule has 1 aromatic carbocycles. The second-order valence-corrected chi connectivity index (χ2v) is 10.1. The van der Waals surface area contributed by atoms with Gasteiger partial charge in [0, 0.05) is 0 Å². The summed E-state index contributed by atoms with van der Waals surface area (Å²) < 4.78 is 1.12. The summed E-state index contributed by atoms with van der Waals surface area (Å²) in [5, 5.41) is 17.3. The Labute approximate surface area is 198 Å². The van der Waals surface area contributed by atoms with E-state index >= 15 is 0 Å². The van der Waals surface area contributed by atoms with Crippen molar-refractivity contribution in [3.05, 3.63) is 29.8 Å². The van der Waals surface area contributed by atoms with E-state index in [1.54, 1.807) is 12.1 Å². The number of para-hydroxylation sites is 1. The topological polar surface area (TPSA) is 57.5 Å². The molecule has 0 amide bonds. The van der Waals surface area contributed by atoms with Gasteiger partial charge in [-0.3, -0.25) is 0 Å². The van der Waals surface area contributed by atoms with E-state index < -0.39 is 5.97 Å². The second kappa shape index (κ2) is 20.1. The Morgan fingerprint density at radius 3 is 1.38 bits per heavy atom. The third-order valence-corrected chi connectivity index (χ3v) is 5.82. The maximum absolute atomic E-state index is 10.3. The van der Waals surface area contributed by atoms with Gasteiger partial charge in [-0.25, -0.2) is 4.79 Å². The van der Waals surface area contributed by atoms with Gasteiger partial charge in [0.2, 0.25) is 0 Å². The van der Waals surface area contributed by atoms with Crippen molar-refractivity contribution in [1.82, 2.24) is 0 Å². The first-order valence-corrected chi connectivity index (χ1v) is 13.1. The van der Waals surface area contributed by atoms with Crippen molar-refractivity contribution in [1.29, 1.82) is 0 Å². The first kappa shape index (κ1) is 30.4. The molecule has 2 N–H and O–H groups in total. The molecule has 0 radical (unpaired) electrons. The monoisotopic (exact) mass is 450 g/mol. The van der Waals surface area contributed by atoms with Crippen molar-refractivity contribution in [3.63, 3.8) is 0 Å². The summed E-state index contributed by atoms with van der Waals surface area (Å²) in [7, 11) is 6.89. The van der Waals surface area contributed by atoms with Crippen molar-refractivity contribution in [2.45, 2.75) is 110 Å². The number of aromatic hydroxyl groups is 1. The Balaban J connectivity index is 0.000000792. The number of quaternary nitrogens is 1. The zero-order valence-corrected chi connectivity index (χ0v) is 21.6. The van der Waals surface area contributed by atoms with Gasteiger partial charge in [0.1, 0.15) is 11.3 Å². The molecule has 1 aromatic rings. The van der Waals surface area contributed by atoms with Crippen molar-refractivity contribution in [3.8, 4) is 5.75 Å². The Morgan fingerprint density at radius 1 is 0.688 bits per heavy atom. The molecule has 0 saturated heterocycles. The lowest BCUT2D eigenvalue weighted by molar-refractivity contribution is -0.870. The SMILES string of the molecule is CCCCCCCCCCCCCCCCCC[N+](C)(C)C.O=C(O)c1ccccc1O. The van der Waals surface area contributed by atoms with E-state index in [0.717, 1.165) is 4.48 Å². The van der Waals surface area contributed by atoms with Crippen molar-refractivity contribution in [2.75, 3.05) is 27.7 Å². The van der Waals surface area contributed by atoms with E-state index in [0.29, 0.717) is 0 Å². The standard InChI is InChI=1S/C21H46N.C7H6O3/c1-5-6-7-8-9-10-11-12-13-14-15-16-17-18-19-20-21-22(2,3)4;8-6-4-2-1-3-5(6)7(9)10/h5-21H2,1-4H3;1-4,8H,(H,9,10)/q+1;. The fourth-order valence-electron chi connectivity index (χ4n) is 3.79. The van der Waals surface area contributed by atoms with Crippen molar-refractivity contribution < 1.29 is 19.5 Å². The molecule has 0 spiro atoms. The number of hydrogen-bond donors (Lipinski definition) is 2. The summed E-state index contributed by atoms with van der Waals surface area (Å²) in [6, 6.07) is 5.81. The fourth-order valence-corrected chi connectivity index (χ4v) is 3.79. The predicted octanol–water partition coefficient (Wildman–Crippen LogP) is 8.04. The Bertz CT molecular complexity index is 566. The number of hydrogen-bond acceptors (Lipinski definition) is 2. The molecule has 0 aromatic heterocycles. The van der Waals surface area contributed by atoms with E-state index in [4.69, 9.17) is 10.2 Å². The summed E-state index contributed by atoms with van der Waals surface area (Å²) in [6.07, 6.45) is 23.4. The number of aromatic carboxylic acids is 1. The molecule has 186 valence electrons. The average molecular weight is 451 g/mol. The highest BCUT2D eigenvalue weighted by molar-refractivity contribution is 5.90. The maximum atomic E-state index is 10.3. The van der Waals surface area contributed by atoms with Gasteiger partial charge < -0.3 is 14.7 Å². The summed E-state index contributed by atoms with van der Waals surface area (Å²) in [5.41, 5.74) is -0.0671. The van der Waals surface area contributed by atoms with Gasteiger partial charge in [-0.15, -0.1) is 0 Å². The number of phenols is 1. The fraction of sp³-hybridized carbons (Fsp3) is 0.750. The summed E-state index contributed by atoms with van der Waals surface area (Å²) >= 11 is 0.